The van der Waals surface area contributed by atoms with Gasteiger partial charge in [-0.05, 0) is 65.6 Å². The minimum atomic E-state index is 0.363. The van der Waals surface area contributed by atoms with Crippen molar-refractivity contribution in [2.24, 2.45) is 0 Å². The van der Waals surface area contributed by atoms with Gasteiger partial charge in [-0.15, -0.1) is 0 Å². The third-order valence-electron chi connectivity index (χ3n) is 3.20. The van der Waals surface area contributed by atoms with Gasteiger partial charge in [0.15, 0.2) is 0 Å². The van der Waals surface area contributed by atoms with Gasteiger partial charge in [0.05, 0.1) is 0 Å². The van der Waals surface area contributed by atoms with Crippen LogP contribution in [0, 0.1) is 0 Å². The van der Waals surface area contributed by atoms with Crippen LogP contribution in [-0.2, 0) is 0 Å². The van der Waals surface area contributed by atoms with E-state index in [0.29, 0.717) is 6.04 Å². The van der Waals surface area contributed by atoms with Crippen LogP contribution in [0.25, 0.3) is 0 Å². The summed E-state index contributed by atoms with van der Waals surface area (Å²) in [5, 5.41) is 3.52. The average Bonchev–Trinajstić information content (AvgIpc) is 2.47. The monoisotopic (exact) mass is 427 g/mol. The highest BCUT2D eigenvalue weighted by atomic mass is 79.9. The van der Waals surface area contributed by atoms with Gasteiger partial charge in [0.2, 0.25) is 0 Å². The number of hydrogen-bond donors (Lipinski definition) is 1. The van der Waals surface area contributed by atoms with Gasteiger partial charge in [-0.1, -0.05) is 52.8 Å². The Morgan fingerprint density at radius 2 is 1.86 bits per heavy atom. The number of rotatable bonds is 6. The molecule has 1 nitrogen and oxygen atoms in total. The summed E-state index contributed by atoms with van der Waals surface area (Å²) in [6.45, 7) is 5.43. The maximum absolute atomic E-state index is 3.71. The lowest BCUT2D eigenvalue weighted by molar-refractivity contribution is 0.568. The first-order chi connectivity index (χ1) is 10.1. The molecular formula is C17H19Br2NS. The zero-order valence-electron chi connectivity index (χ0n) is 12.2. The van der Waals surface area contributed by atoms with Crippen molar-refractivity contribution in [2.75, 3.05) is 6.54 Å². The second kappa shape index (κ2) is 8.37. The third-order valence-corrected chi connectivity index (χ3v) is 5.91. The molecule has 112 valence electrons. The van der Waals surface area contributed by atoms with Crippen LogP contribution in [0.2, 0.25) is 0 Å². The Labute approximate surface area is 148 Å². The predicted octanol–water partition coefficient (Wildman–Crippen LogP) is 6.42. The topological polar surface area (TPSA) is 12.0 Å². The molecule has 0 saturated carbocycles. The van der Waals surface area contributed by atoms with E-state index in [-0.39, 0.29) is 0 Å². The van der Waals surface area contributed by atoms with Crippen molar-refractivity contribution in [3.05, 3.63) is 57.0 Å². The van der Waals surface area contributed by atoms with Crippen molar-refractivity contribution >= 4 is 43.6 Å². The minimum Gasteiger partial charge on any atom is -0.310 e. The lowest BCUT2D eigenvalue weighted by atomic mass is 10.1. The van der Waals surface area contributed by atoms with Crippen LogP contribution in [0.5, 0.6) is 0 Å². The van der Waals surface area contributed by atoms with E-state index < -0.39 is 0 Å². The zero-order chi connectivity index (χ0) is 15.2. The van der Waals surface area contributed by atoms with Gasteiger partial charge in [0.25, 0.3) is 0 Å². The highest BCUT2D eigenvalue weighted by Crippen LogP contribution is 2.36. The van der Waals surface area contributed by atoms with E-state index in [1.54, 1.807) is 11.8 Å². The third kappa shape index (κ3) is 4.85. The summed E-state index contributed by atoms with van der Waals surface area (Å²) in [4.78, 5) is 2.47. The summed E-state index contributed by atoms with van der Waals surface area (Å²) in [5.74, 6) is 0. The molecule has 1 unspecified atom stereocenters. The van der Waals surface area contributed by atoms with Gasteiger partial charge in [0.1, 0.15) is 0 Å². The summed E-state index contributed by atoms with van der Waals surface area (Å²) in [7, 11) is 0. The molecule has 0 amide bonds. The summed E-state index contributed by atoms with van der Waals surface area (Å²) in [6.07, 6.45) is 1.15. The summed E-state index contributed by atoms with van der Waals surface area (Å²) in [5.41, 5.74) is 1.31. The molecule has 0 aliphatic rings. The lowest BCUT2D eigenvalue weighted by Crippen LogP contribution is -2.19. The molecule has 0 aliphatic heterocycles. The molecule has 0 fully saturated rings. The normalized spacial score (nSPS) is 12.4. The standard InChI is InChI=1S/C17H19Br2NS/c1-3-10-20-12(2)14-9-8-13(11-16(14)19)21-17-7-5-4-6-15(17)18/h4-9,11-12,20H,3,10H2,1-2H3. The van der Waals surface area contributed by atoms with Crippen LogP contribution in [0.3, 0.4) is 0 Å². The first-order valence-corrected chi connectivity index (χ1v) is 9.47. The quantitative estimate of drug-likeness (QED) is 0.569. The molecular weight excluding hydrogens is 410 g/mol. The number of benzene rings is 2. The van der Waals surface area contributed by atoms with Gasteiger partial charge in [-0.25, -0.2) is 0 Å². The molecule has 0 heterocycles. The molecule has 2 aromatic rings. The summed E-state index contributed by atoms with van der Waals surface area (Å²) in [6, 6.07) is 15.3. The molecule has 4 heteroatoms. The summed E-state index contributed by atoms with van der Waals surface area (Å²) < 4.78 is 2.30. The first-order valence-electron chi connectivity index (χ1n) is 7.07. The molecule has 0 aliphatic carbocycles. The van der Waals surface area contributed by atoms with Crippen molar-refractivity contribution in [3.8, 4) is 0 Å². The van der Waals surface area contributed by atoms with Gasteiger partial charge < -0.3 is 5.32 Å². The van der Waals surface area contributed by atoms with Crippen LogP contribution in [0.4, 0.5) is 0 Å². The highest BCUT2D eigenvalue weighted by Gasteiger charge is 2.10. The molecule has 1 atom stereocenters. The SMILES string of the molecule is CCCNC(C)c1ccc(Sc2ccccc2Br)cc1Br. The van der Waals surface area contributed by atoms with Crippen LogP contribution in [-0.4, -0.2) is 6.54 Å². The largest absolute Gasteiger partial charge is 0.310 e. The Hall–Kier alpha value is -0.290. The van der Waals surface area contributed by atoms with E-state index in [0.717, 1.165) is 21.9 Å². The fraction of sp³-hybridized carbons (Fsp3) is 0.294. The van der Waals surface area contributed by atoms with Gasteiger partial charge >= 0.3 is 0 Å². The van der Waals surface area contributed by atoms with Crippen molar-refractivity contribution in [3.63, 3.8) is 0 Å². The van der Waals surface area contributed by atoms with Crippen molar-refractivity contribution < 1.29 is 0 Å². The molecule has 0 radical (unpaired) electrons. The lowest BCUT2D eigenvalue weighted by Gasteiger charge is -2.16. The molecule has 0 bridgehead atoms. The average molecular weight is 429 g/mol. The fourth-order valence-corrected chi connectivity index (χ4v) is 4.33. The number of halogens is 2. The van der Waals surface area contributed by atoms with E-state index in [2.05, 4.69) is 87.4 Å². The second-order valence-electron chi connectivity index (χ2n) is 4.89. The Balaban J connectivity index is 2.14. The van der Waals surface area contributed by atoms with Crippen molar-refractivity contribution in [1.29, 1.82) is 0 Å². The maximum atomic E-state index is 3.71. The van der Waals surface area contributed by atoms with E-state index >= 15 is 0 Å². The molecule has 0 aromatic heterocycles. The molecule has 0 spiro atoms. The van der Waals surface area contributed by atoms with Crippen LogP contribution in [0.1, 0.15) is 31.9 Å². The molecule has 21 heavy (non-hydrogen) atoms. The predicted molar refractivity (Wildman–Crippen MR) is 99.1 cm³/mol. The fourth-order valence-electron chi connectivity index (χ4n) is 2.05. The molecule has 1 N–H and O–H groups in total. The van der Waals surface area contributed by atoms with Crippen molar-refractivity contribution in [1.82, 2.24) is 5.32 Å². The maximum Gasteiger partial charge on any atom is 0.0314 e. The van der Waals surface area contributed by atoms with E-state index in [4.69, 9.17) is 0 Å². The van der Waals surface area contributed by atoms with Gasteiger partial charge in [-0.2, -0.15) is 0 Å². The van der Waals surface area contributed by atoms with Gasteiger partial charge in [0, 0.05) is 24.8 Å². The van der Waals surface area contributed by atoms with Crippen LogP contribution >= 0.6 is 43.6 Å². The Morgan fingerprint density at radius 1 is 1.10 bits per heavy atom. The summed E-state index contributed by atoms with van der Waals surface area (Å²) >= 11 is 9.07. The molecule has 0 saturated heterocycles. The Bertz CT molecular complexity index is 601. The van der Waals surface area contributed by atoms with E-state index in [1.165, 1.54) is 15.4 Å². The van der Waals surface area contributed by atoms with E-state index in [1.807, 2.05) is 6.07 Å². The number of hydrogen-bond acceptors (Lipinski definition) is 2. The first kappa shape index (κ1) is 17.1. The van der Waals surface area contributed by atoms with Gasteiger partial charge in [-0.3, -0.25) is 0 Å². The molecule has 2 rings (SSSR count). The Kier molecular flexibility index (Phi) is 6.80. The Morgan fingerprint density at radius 3 is 2.52 bits per heavy atom. The smallest absolute Gasteiger partial charge is 0.0314 e. The second-order valence-corrected chi connectivity index (χ2v) is 7.72. The van der Waals surface area contributed by atoms with Crippen LogP contribution < -0.4 is 5.32 Å². The van der Waals surface area contributed by atoms with Crippen molar-refractivity contribution in [2.45, 2.75) is 36.1 Å². The highest BCUT2D eigenvalue weighted by molar-refractivity contribution is 9.10. The van der Waals surface area contributed by atoms with E-state index in [9.17, 15) is 0 Å². The zero-order valence-corrected chi connectivity index (χ0v) is 16.2. The van der Waals surface area contributed by atoms with Crippen LogP contribution in [0.15, 0.2) is 61.2 Å². The molecule has 2 aromatic carbocycles. The minimum absolute atomic E-state index is 0.363. The number of nitrogens with one attached hydrogen (secondary N) is 1.